The number of carboxylic acids is 1. The molecule has 14 heavy (non-hydrogen) atoms. The molecule has 0 amide bonds. The van der Waals surface area contributed by atoms with Crippen molar-refractivity contribution >= 4 is 5.97 Å². The van der Waals surface area contributed by atoms with Crippen molar-refractivity contribution in [2.45, 2.75) is 11.8 Å². The van der Waals surface area contributed by atoms with Gasteiger partial charge in [0.15, 0.2) is 0 Å². The molecule has 0 radical (unpaired) electrons. The molecule has 1 N–H and O–H groups in total. The molecule has 1 unspecified atom stereocenters. The van der Waals surface area contributed by atoms with Crippen LogP contribution >= 0.6 is 0 Å². The molecule has 1 fully saturated rings. The fraction of sp³-hybridized carbons (Fsp3) is 0.400. The van der Waals surface area contributed by atoms with Gasteiger partial charge in [0, 0.05) is 12.8 Å². The Morgan fingerprint density at radius 1 is 1.57 bits per heavy atom. The average Bonchev–Trinajstić information content (AvgIpc) is 2.69. The smallest absolute Gasteiger partial charge is 0.318 e. The SMILES string of the molecule is O=C(O)C1(c2ccccn2)CCOC1. The van der Waals surface area contributed by atoms with Crippen molar-refractivity contribution in [2.75, 3.05) is 13.2 Å². The van der Waals surface area contributed by atoms with E-state index in [-0.39, 0.29) is 6.61 Å². The second-order valence-corrected chi connectivity index (χ2v) is 3.40. The Kier molecular flexibility index (Phi) is 2.21. The lowest BCUT2D eigenvalue weighted by molar-refractivity contribution is -0.144. The first-order valence-electron chi connectivity index (χ1n) is 4.48. The highest BCUT2D eigenvalue weighted by molar-refractivity contribution is 5.81. The van der Waals surface area contributed by atoms with Gasteiger partial charge in [0.25, 0.3) is 0 Å². The summed E-state index contributed by atoms with van der Waals surface area (Å²) in [6.07, 6.45) is 2.11. The first-order chi connectivity index (χ1) is 6.76. The Balaban J connectivity index is 2.42. The zero-order valence-electron chi connectivity index (χ0n) is 7.64. The fourth-order valence-electron chi connectivity index (χ4n) is 1.69. The van der Waals surface area contributed by atoms with Gasteiger partial charge in [-0.15, -0.1) is 0 Å². The van der Waals surface area contributed by atoms with Crippen LogP contribution in [0.25, 0.3) is 0 Å². The third kappa shape index (κ3) is 1.28. The lowest BCUT2D eigenvalue weighted by Gasteiger charge is -2.20. The van der Waals surface area contributed by atoms with Gasteiger partial charge in [0.2, 0.25) is 0 Å². The van der Waals surface area contributed by atoms with Crippen LogP contribution in [-0.2, 0) is 14.9 Å². The maximum absolute atomic E-state index is 11.2. The molecule has 74 valence electrons. The monoisotopic (exact) mass is 193 g/mol. The van der Waals surface area contributed by atoms with Gasteiger partial charge >= 0.3 is 5.97 Å². The summed E-state index contributed by atoms with van der Waals surface area (Å²) in [5, 5.41) is 9.20. The molecule has 1 aliphatic rings. The first-order valence-corrected chi connectivity index (χ1v) is 4.48. The molecular weight excluding hydrogens is 182 g/mol. The van der Waals surface area contributed by atoms with Crippen LogP contribution in [0.15, 0.2) is 24.4 Å². The normalized spacial score (nSPS) is 26.3. The van der Waals surface area contributed by atoms with Crippen LogP contribution in [0, 0.1) is 0 Å². The van der Waals surface area contributed by atoms with Crippen molar-refractivity contribution < 1.29 is 14.6 Å². The minimum absolute atomic E-state index is 0.222. The van der Waals surface area contributed by atoms with Crippen LogP contribution in [0.4, 0.5) is 0 Å². The summed E-state index contributed by atoms with van der Waals surface area (Å²) in [6.45, 7) is 0.711. The number of hydrogen-bond donors (Lipinski definition) is 1. The van der Waals surface area contributed by atoms with Crippen molar-refractivity contribution in [1.82, 2.24) is 4.98 Å². The van der Waals surface area contributed by atoms with Crippen LogP contribution < -0.4 is 0 Å². The first kappa shape index (κ1) is 9.15. The molecule has 2 heterocycles. The number of carbonyl (C=O) groups is 1. The molecule has 1 atom stereocenters. The number of carboxylic acid groups (broad SMARTS) is 1. The lowest BCUT2D eigenvalue weighted by Crippen LogP contribution is -2.37. The van der Waals surface area contributed by atoms with Crippen molar-refractivity contribution in [2.24, 2.45) is 0 Å². The second kappa shape index (κ2) is 3.38. The van der Waals surface area contributed by atoms with Gasteiger partial charge < -0.3 is 9.84 Å². The van der Waals surface area contributed by atoms with Gasteiger partial charge in [0.05, 0.1) is 12.3 Å². The Labute approximate surface area is 81.5 Å². The number of aliphatic carboxylic acids is 1. The quantitative estimate of drug-likeness (QED) is 0.755. The van der Waals surface area contributed by atoms with E-state index in [1.54, 1.807) is 24.4 Å². The molecule has 0 aliphatic carbocycles. The molecule has 0 bridgehead atoms. The van der Waals surface area contributed by atoms with E-state index in [1.165, 1.54) is 0 Å². The van der Waals surface area contributed by atoms with E-state index in [9.17, 15) is 9.90 Å². The Morgan fingerprint density at radius 2 is 2.43 bits per heavy atom. The third-order valence-electron chi connectivity index (χ3n) is 2.59. The highest BCUT2D eigenvalue weighted by Crippen LogP contribution is 2.31. The summed E-state index contributed by atoms with van der Waals surface area (Å²) in [7, 11) is 0. The molecule has 0 spiro atoms. The third-order valence-corrected chi connectivity index (χ3v) is 2.59. The molecule has 4 nitrogen and oxygen atoms in total. The largest absolute Gasteiger partial charge is 0.480 e. The van der Waals surface area contributed by atoms with Crippen LogP contribution in [-0.4, -0.2) is 29.3 Å². The Bertz CT molecular complexity index is 330. The minimum atomic E-state index is -0.929. The molecule has 1 aliphatic heterocycles. The van der Waals surface area contributed by atoms with Crippen LogP contribution in [0.5, 0.6) is 0 Å². The highest BCUT2D eigenvalue weighted by Gasteiger charge is 2.45. The maximum Gasteiger partial charge on any atom is 0.318 e. The number of ether oxygens (including phenoxy) is 1. The van der Waals surface area contributed by atoms with E-state index >= 15 is 0 Å². The number of rotatable bonds is 2. The second-order valence-electron chi connectivity index (χ2n) is 3.40. The van der Waals surface area contributed by atoms with Gasteiger partial charge in [-0.05, 0) is 18.6 Å². The minimum Gasteiger partial charge on any atom is -0.480 e. The van der Waals surface area contributed by atoms with Crippen LogP contribution in [0.2, 0.25) is 0 Å². The summed E-state index contributed by atoms with van der Waals surface area (Å²) >= 11 is 0. The van der Waals surface area contributed by atoms with Crippen molar-refractivity contribution in [1.29, 1.82) is 0 Å². The number of pyridine rings is 1. The zero-order chi connectivity index (χ0) is 10.0. The average molecular weight is 193 g/mol. The number of nitrogens with zero attached hydrogens (tertiary/aromatic N) is 1. The topological polar surface area (TPSA) is 59.4 Å². The number of aromatic nitrogens is 1. The Morgan fingerprint density at radius 3 is 2.93 bits per heavy atom. The predicted octanol–water partition coefficient (Wildman–Crippen LogP) is 0.824. The highest BCUT2D eigenvalue weighted by atomic mass is 16.5. The zero-order valence-corrected chi connectivity index (χ0v) is 7.64. The summed E-state index contributed by atoms with van der Waals surface area (Å²) < 4.78 is 5.16. The standard InChI is InChI=1S/C10H11NO3/c12-9(13)10(4-6-14-7-10)8-3-1-2-5-11-8/h1-3,5H,4,6-7H2,(H,12,13). The van der Waals surface area contributed by atoms with E-state index in [1.807, 2.05) is 0 Å². The molecule has 4 heteroatoms. The van der Waals surface area contributed by atoms with Crippen molar-refractivity contribution in [3.63, 3.8) is 0 Å². The van der Waals surface area contributed by atoms with Gasteiger partial charge in [-0.3, -0.25) is 9.78 Å². The molecule has 0 saturated carbocycles. The number of hydrogen-bond acceptors (Lipinski definition) is 3. The van der Waals surface area contributed by atoms with Gasteiger partial charge in [-0.2, -0.15) is 0 Å². The Hall–Kier alpha value is -1.42. The molecule has 1 saturated heterocycles. The summed E-state index contributed by atoms with van der Waals surface area (Å²) in [6, 6.07) is 5.31. The van der Waals surface area contributed by atoms with E-state index in [4.69, 9.17) is 4.74 Å². The predicted molar refractivity (Wildman–Crippen MR) is 49.0 cm³/mol. The van der Waals surface area contributed by atoms with E-state index in [0.29, 0.717) is 18.7 Å². The molecule has 2 rings (SSSR count). The molecular formula is C10H11NO3. The van der Waals surface area contributed by atoms with E-state index in [2.05, 4.69) is 4.98 Å². The van der Waals surface area contributed by atoms with E-state index in [0.717, 1.165) is 0 Å². The summed E-state index contributed by atoms with van der Waals surface area (Å²) in [5.74, 6) is -0.853. The van der Waals surface area contributed by atoms with Crippen molar-refractivity contribution in [3.8, 4) is 0 Å². The maximum atomic E-state index is 11.2. The summed E-state index contributed by atoms with van der Waals surface area (Å²) in [4.78, 5) is 15.3. The van der Waals surface area contributed by atoms with Crippen LogP contribution in [0.1, 0.15) is 12.1 Å². The lowest BCUT2D eigenvalue weighted by atomic mass is 9.83. The van der Waals surface area contributed by atoms with Crippen molar-refractivity contribution in [3.05, 3.63) is 30.1 Å². The summed E-state index contributed by atoms with van der Waals surface area (Å²) in [5.41, 5.74) is -0.341. The molecule has 1 aromatic rings. The van der Waals surface area contributed by atoms with Gasteiger partial charge in [-0.1, -0.05) is 6.07 Å². The van der Waals surface area contributed by atoms with Gasteiger partial charge in [-0.25, -0.2) is 0 Å². The fourth-order valence-corrected chi connectivity index (χ4v) is 1.69. The van der Waals surface area contributed by atoms with Gasteiger partial charge in [0.1, 0.15) is 5.41 Å². The van der Waals surface area contributed by atoms with Crippen LogP contribution in [0.3, 0.4) is 0 Å². The molecule has 0 aromatic carbocycles. The van der Waals surface area contributed by atoms with E-state index < -0.39 is 11.4 Å². The molecule has 1 aromatic heterocycles.